The molecule has 4 heteroatoms. The van der Waals surface area contributed by atoms with Crippen LogP contribution in [0.1, 0.15) is 11.3 Å². The average Bonchev–Trinajstić information content (AvgIpc) is 2.34. The molecule has 2 rings (SSSR count). The number of aromatic nitrogens is 1. The largest absolute Gasteiger partial charge is 0.439 e. The molecular weight excluding hydrogens is 214 g/mol. The van der Waals surface area contributed by atoms with Crippen molar-refractivity contribution in [3.63, 3.8) is 0 Å². The number of nitriles is 1. The molecule has 0 aliphatic carbocycles. The summed E-state index contributed by atoms with van der Waals surface area (Å²) in [7, 11) is 0. The van der Waals surface area contributed by atoms with Gasteiger partial charge in [0.05, 0.1) is 0 Å². The smallest absolute Gasteiger partial charge is 0.220 e. The summed E-state index contributed by atoms with van der Waals surface area (Å²) in [4.78, 5) is 4.03. The minimum atomic E-state index is 0.323. The maximum Gasteiger partial charge on any atom is 0.220 e. The fraction of sp³-hybridized carbons (Fsp3) is 0.0769. The lowest BCUT2D eigenvalue weighted by molar-refractivity contribution is 0.459. The Kier molecular flexibility index (Phi) is 2.93. The Bertz CT molecular complexity index is 587. The molecule has 0 aliphatic heterocycles. The van der Waals surface area contributed by atoms with Crippen LogP contribution >= 0.6 is 0 Å². The molecule has 2 aromatic rings. The van der Waals surface area contributed by atoms with Gasteiger partial charge in [-0.2, -0.15) is 5.26 Å². The third-order valence-electron chi connectivity index (χ3n) is 2.26. The van der Waals surface area contributed by atoms with Crippen LogP contribution in [0.4, 0.5) is 5.69 Å². The number of nitrogens with two attached hydrogens (primary N) is 1. The molecule has 0 radical (unpaired) electrons. The second kappa shape index (κ2) is 4.54. The van der Waals surface area contributed by atoms with Crippen molar-refractivity contribution in [2.75, 3.05) is 5.73 Å². The standard InChI is InChI=1S/C13H11N3O/c1-9-5-6-10(15)7-12(9)17-13-4-2-3-11(8-14)16-13/h2-7H,15H2,1H3. The van der Waals surface area contributed by atoms with E-state index in [1.54, 1.807) is 30.3 Å². The van der Waals surface area contributed by atoms with Crippen LogP contribution in [0.3, 0.4) is 0 Å². The average molecular weight is 225 g/mol. The number of pyridine rings is 1. The van der Waals surface area contributed by atoms with Crippen molar-refractivity contribution in [2.24, 2.45) is 0 Å². The molecule has 1 heterocycles. The zero-order valence-electron chi connectivity index (χ0n) is 9.34. The molecule has 0 fully saturated rings. The Balaban J connectivity index is 2.31. The molecule has 0 aliphatic rings. The van der Waals surface area contributed by atoms with Gasteiger partial charge in [-0.25, -0.2) is 4.98 Å². The monoisotopic (exact) mass is 225 g/mol. The number of ether oxygens (including phenoxy) is 1. The van der Waals surface area contributed by atoms with E-state index in [2.05, 4.69) is 4.98 Å². The maximum atomic E-state index is 8.74. The number of nitrogens with zero attached hydrogens (tertiary/aromatic N) is 2. The van der Waals surface area contributed by atoms with E-state index in [1.807, 2.05) is 19.1 Å². The van der Waals surface area contributed by atoms with Crippen molar-refractivity contribution in [1.82, 2.24) is 4.98 Å². The van der Waals surface area contributed by atoms with Gasteiger partial charge in [-0.15, -0.1) is 0 Å². The minimum absolute atomic E-state index is 0.323. The van der Waals surface area contributed by atoms with Gasteiger partial charge in [-0.1, -0.05) is 12.1 Å². The maximum absolute atomic E-state index is 8.74. The summed E-state index contributed by atoms with van der Waals surface area (Å²) >= 11 is 0. The molecule has 4 nitrogen and oxygen atoms in total. The highest BCUT2D eigenvalue weighted by atomic mass is 16.5. The molecule has 0 saturated heterocycles. The Morgan fingerprint density at radius 3 is 2.88 bits per heavy atom. The van der Waals surface area contributed by atoms with Gasteiger partial charge < -0.3 is 10.5 Å². The Labute approximate surface area is 99.3 Å². The zero-order valence-corrected chi connectivity index (χ0v) is 9.34. The molecule has 0 bridgehead atoms. The summed E-state index contributed by atoms with van der Waals surface area (Å²) in [6, 6.07) is 12.4. The predicted octanol–water partition coefficient (Wildman–Crippen LogP) is 2.64. The normalized spacial score (nSPS) is 9.65. The van der Waals surface area contributed by atoms with Crippen molar-refractivity contribution in [1.29, 1.82) is 5.26 Å². The summed E-state index contributed by atoms with van der Waals surface area (Å²) in [5.74, 6) is 1.03. The number of hydrogen-bond donors (Lipinski definition) is 1. The lowest BCUT2D eigenvalue weighted by Gasteiger charge is -2.08. The van der Waals surface area contributed by atoms with Crippen molar-refractivity contribution >= 4 is 5.69 Å². The van der Waals surface area contributed by atoms with Gasteiger partial charge in [0.1, 0.15) is 17.5 Å². The molecule has 0 amide bonds. The number of anilines is 1. The Morgan fingerprint density at radius 1 is 1.29 bits per heavy atom. The van der Waals surface area contributed by atoms with Crippen LogP contribution in [0, 0.1) is 18.3 Å². The molecule has 0 atom stereocenters. The van der Waals surface area contributed by atoms with E-state index in [4.69, 9.17) is 15.7 Å². The lowest BCUT2D eigenvalue weighted by Crippen LogP contribution is -1.93. The third kappa shape index (κ3) is 2.52. The van der Waals surface area contributed by atoms with E-state index in [-0.39, 0.29) is 0 Å². The van der Waals surface area contributed by atoms with Crippen molar-refractivity contribution < 1.29 is 4.74 Å². The molecule has 17 heavy (non-hydrogen) atoms. The summed E-state index contributed by atoms with van der Waals surface area (Å²) in [5, 5.41) is 8.74. The fourth-order valence-corrected chi connectivity index (χ4v) is 1.37. The first-order chi connectivity index (χ1) is 8.19. The van der Waals surface area contributed by atoms with E-state index < -0.39 is 0 Å². The molecule has 84 valence electrons. The summed E-state index contributed by atoms with van der Waals surface area (Å²) in [5.41, 5.74) is 7.60. The number of aryl methyl sites for hydroxylation is 1. The number of rotatable bonds is 2. The van der Waals surface area contributed by atoms with Gasteiger partial charge in [0, 0.05) is 17.8 Å². The van der Waals surface area contributed by atoms with Crippen LogP contribution in [0.15, 0.2) is 36.4 Å². The SMILES string of the molecule is Cc1ccc(N)cc1Oc1cccc(C#N)n1. The quantitative estimate of drug-likeness (QED) is 0.797. The third-order valence-corrected chi connectivity index (χ3v) is 2.26. The van der Waals surface area contributed by atoms with Crippen LogP contribution in [-0.2, 0) is 0 Å². The van der Waals surface area contributed by atoms with Crippen LogP contribution in [0.2, 0.25) is 0 Å². The molecule has 1 aromatic carbocycles. The van der Waals surface area contributed by atoms with Crippen LogP contribution < -0.4 is 10.5 Å². The van der Waals surface area contributed by atoms with E-state index in [1.165, 1.54) is 0 Å². The van der Waals surface area contributed by atoms with Crippen LogP contribution in [-0.4, -0.2) is 4.98 Å². The molecular formula is C13H11N3O. The van der Waals surface area contributed by atoms with Gasteiger partial charge in [-0.05, 0) is 24.6 Å². The van der Waals surface area contributed by atoms with Gasteiger partial charge in [0.15, 0.2) is 0 Å². The lowest BCUT2D eigenvalue weighted by atomic mass is 10.2. The van der Waals surface area contributed by atoms with Gasteiger partial charge in [-0.3, -0.25) is 0 Å². The first-order valence-corrected chi connectivity index (χ1v) is 5.10. The predicted molar refractivity (Wildman–Crippen MR) is 64.6 cm³/mol. The van der Waals surface area contributed by atoms with Crippen LogP contribution in [0.5, 0.6) is 11.6 Å². The summed E-state index contributed by atoms with van der Waals surface area (Å²) in [6.45, 7) is 1.92. The highest BCUT2D eigenvalue weighted by molar-refractivity contribution is 5.49. The van der Waals surface area contributed by atoms with Crippen molar-refractivity contribution in [3.8, 4) is 17.7 Å². The number of benzene rings is 1. The van der Waals surface area contributed by atoms with Gasteiger partial charge in [0.25, 0.3) is 0 Å². The second-order valence-electron chi connectivity index (χ2n) is 3.60. The molecule has 0 unspecified atom stereocenters. The number of hydrogen-bond acceptors (Lipinski definition) is 4. The second-order valence-corrected chi connectivity index (χ2v) is 3.60. The highest BCUT2D eigenvalue weighted by Gasteiger charge is 2.03. The van der Waals surface area contributed by atoms with Gasteiger partial charge >= 0.3 is 0 Å². The zero-order chi connectivity index (χ0) is 12.3. The first kappa shape index (κ1) is 11.0. The summed E-state index contributed by atoms with van der Waals surface area (Å²) in [6.07, 6.45) is 0. The molecule has 0 saturated carbocycles. The van der Waals surface area contributed by atoms with Gasteiger partial charge in [0.2, 0.25) is 5.88 Å². The van der Waals surface area contributed by atoms with E-state index in [0.29, 0.717) is 23.0 Å². The Hall–Kier alpha value is -2.54. The van der Waals surface area contributed by atoms with Crippen molar-refractivity contribution in [3.05, 3.63) is 47.7 Å². The minimum Gasteiger partial charge on any atom is -0.439 e. The summed E-state index contributed by atoms with van der Waals surface area (Å²) < 4.78 is 5.59. The Morgan fingerprint density at radius 2 is 2.12 bits per heavy atom. The molecule has 0 spiro atoms. The van der Waals surface area contributed by atoms with E-state index in [0.717, 1.165) is 5.56 Å². The molecule has 1 aromatic heterocycles. The van der Waals surface area contributed by atoms with Crippen LogP contribution in [0.25, 0.3) is 0 Å². The highest BCUT2D eigenvalue weighted by Crippen LogP contribution is 2.25. The van der Waals surface area contributed by atoms with E-state index in [9.17, 15) is 0 Å². The van der Waals surface area contributed by atoms with Crippen molar-refractivity contribution in [2.45, 2.75) is 6.92 Å². The fourth-order valence-electron chi connectivity index (χ4n) is 1.37. The first-order valence-electron chi connectivity index (χ1n) is 5.10. The molecule has 2 N–H and O–H groups in total. The number of nitrogen functional groups attached to an aromatic ring is 1. The topological polar surface area (TPSA) is 71.9 Å². The van der Waals surface area contributed by atoms with E-state index >= 15 is 0 Å².